The van der Waals surface area contributed by atoms with Crippen LogP contribution in [0.3, 0.4) is 0 Å². The molecule has 0 spiro atoms. The monoisotopic (exact) mass is 456 g/mol. The SMILES string of the molecule is Cc1ccc(NS(=O)(=O)c2c(Br)nnn2C)cc1I. The van der Waals surface area contributed by atoms with Crippen LogP contribution in [0.4, 0.5) is 5.69 Å². The van der Waals surface area contributed by atoms with E-state index in [9.17, 15) is 8.42 Å². The molecule has 2 aromatic rings. The predicted octanol–water partition coefficient (Wildman–Crippen LogP) is 2.29. The molecule has 0 radical (unpaired) electrons. The highest BCUT2D eigenvalue weighted by molar-refractivity contribution is 14.1. The van der Waals surface area contributed by atoms with Crippen molar-refractivity contribution in [2.75, 3.05) is 4.72 Å². The Labute approximate surface area is 132 Å². The van der Waals surface area contributed by atoms with Gasteiger partial charge < -0.3 is 0 Å². The summed E-state index contributed by atoms with van der Waals surface area (Å²) in [5, 5.41) is 7.31. The maximum Gasteiger partial charge on any atom is 0.281 e. The molecular formula is C10H10BrIN4O2S. The van der Waals surface area contributed by atoms with Crippen LogP contribution in [0, 0.1) is 10.5 Å². The average Bonchev–Trinajstić information content (AvgIpc) is 2.64. The van der Waals surface area contributed by atoms with Gasteiger partial charge in [-0.3, -0.25) is 4.72 Å². The van der Waals surface area contributed by atoms with E-state index >= 15 is 0 Å². The Morgan fingerprint density at radius 3 is 2.63 bits per heavy atom. The fourth-order valence-corrected chi connectivity index (χ4v) is 4.13. The van der Waals surface area contributed by atoms with Gasteiger partial charge in [-0.05, 0) is 63.1 Å². The molecule has 0 aliphatic carbocycles. The molecule has 0 aliphatic rings. The Morgan fingerprint density at radius 1 is 1.42 bits per heavy atom. The minimum absolute atomic E-state index is 0.0110. The van der Waals surface area contributed by atoms with Crippen LogP contribution < -0.4 is 4.72 Å². The van der Waals surface area contributed by atoms with Gasteiger partial charge in [0.1, 0.15) is 0 Å². The predicted molar refractivity (Wildman–Crippen MR) is 83.4 cm³/mol. The Hall–Kier alpha value is -0.680. The van der Waals surface area contributed by atoms with E-state index in [0.29, 0.717) is 5.69 Å². The number of hydrogen-bond acceptors (Lipinski definition) is 4. The number of aromatic nitrogens is 3. The third-order valence-corrected chi connectivity index (χ3v) is 5.85. The van der Waals surface area contributed by atoms with Crippen molar-refractivity contribution >= 4 is 54.2 Å². The summed E-state index contributed by atoms with van der Waals surface area (Å²) in [6, 6.07) is 5.34. The molecule has 19 heavy (non-hydrogen) atoms. The van der Waals surface area contributed by atoms with Gasteiger partial charge >= 0.3 is 0 Å². The van der Waals surface area contributed by atoms with Crippen LogP contribution in [-0.4, -0.2) is 23.4 Å². The fraction of sp³-hybridized carbons (Fsp3) is 0.200. The molecule has 1 N–H and O–H groups in total. The molecule has 0 saturated heterocycles. The quantitative estimate of drug-likeness (QED) is 0.719. The topological polar surface area (TPSA) is 76.9 Å². The minimum atomic E-state index is -3.72. The summed E-state index contributed by atoms with van der Waals surface area (Å²) in [5.41, 5.74) is 1.59. The van der Waals surface area contributed by atoms with Gasteiger partial charge in [-0.1, -0.05) is 11.3 Å². The molecule has 2 rings (SSSR count). The second-order valence-electron chi connectivity index (χ2n) is 3.88. The fourth-order valence-electron chi connectivity index (χ4n) is 1.47. The van der Waals surface area contributed by atoms with Crippen molar-refractivity contribution in [1.29, 1.82) is 0 Å². The molecule has 0 aliphatic heterocycles. The summed E-state index contributed by atoms with van der Waals surface area (Å²) in [5.74, 6) is 0. The zero-order valence-corrected chi connectivity index (χ0v) is 14.6. The molecule has 0 atom stereocenters. The van der Waals surface area contributed by atoms with Gasteiger partial charge in [0.05, 0.1) is 0 Å². The normalized spacial score (nSPS) is 11.6. The zero-order valence-electron chi connectivity index (χ0n) is 10.1. The number of halogens is 2. The van der Waals surface area contributed by atoms with Crippen LogP contribution >= 0.6 is 38.5 Å². The van der Waals surface area contributed by atoms with Gasteiger partial charge in [0, 0.05) is 16.3 Å². The molecule has 1 aromatic carbocycles. The highest BCUT2D eigenvalue weighted by Crippen LogP contribution is 2.23. The van der Waals surface area contributed by atoms with E-state index in [-0.39, 0.29) is 9.63 Å². The summed E-state index contributed by atoms with van der Waals surface area (Å²) in [7, 11) is -2.20. The van der Waals surface area contributed by atoms with Crippen LogP contribution in [-0.2, 0) is 17.1 Å². The molecular weight excluding hydrogens is 447 g/mol. The van der Waals surface area contributed by atoms with Crippen molar-refractivity contribution < 1.29 is 8.42 Å². The molecule has 0 bridgehead atoms. The lowest BCUT2D eigenvalue weighted by Crippen LogP contribution is -2.17. The standard InChI is InChI=1S/C10H10BrIN4O2S/c1-6-3-4-7(5-8(6)12)14-19(17,18)10-9(11)13-15-16(10)2/h3-5,14H,1-2H3. The first kappa shape index (κ1) is 14.7. The van der Waals surface area contributed by atoms with Gasteiger partial charge in [0.15, 0.2) is 4.60 Å². The largest absolute Gasteiger partial charge is 0.281 e. The van der Waals surface area contributed by atoms with E-state index in [1.165, 1.54) is 11.7 Å². The van der Waals surface area contributed by atoms with Gasteiger partial charge in [-0.2, -0.15) is 8.42 Å². The molecule has 9 heteroatoms. The number of sulfonamides is 1. The van der Waals surface area contributed by atoms with Crippen molar-refractivity contribution in [3.05, 3.63) is 31.9 Å². The van der Waals surface area contributed by atoms with Crippen LogP contribution in [0.2, 0.25) is 0 Å². The summed E-state index contributed by atoms with van der Waals surface area (Å²) in [6.45, 7) is 1.96. The summed E-state index contributed by atoms with van der Waals surface area (Å²) in [6.07, 6.45) is 0. The van der Waals surface area contributed by atoms with Gasteiger partial charge in [0.25, 0.3) is 10.0 Å². The van der Waals surface area contributed by atoms with Crippen LogP contribution in [0.25, 0.3) is 0 Å². The lowest BCUT2D eigenvalue weighted by atomic mass is 10.2. The first-order chi connectivity index (χ1) is 8.81. The maximum absolute atomic E-state index is 12.3. The van der Waals surface area contributed by atoms with E-state index in [1.54, 1.807) is 12.1 Å². The second kappa shape index (κ2) is 5.37. The molecule has 0 fully saturated rings. The lowest BCUT2D eigenvalue weighted by Gasteiger charge is -2.09. The van der Waals surface area contributed by atoms with E-state index in [2.05, 4.69) is 53.6 Å². The van der Waals surface area contributed by atoms with E-state index in [0.717, 1.165) is 9.13 Å². The van der Waals surface area contributed by atoms with Crippen LogP contribution in [0.1, 0.15) is 5.56 Å². The van der Waals surface area contributed by atoms with Crippen molar-refractivity contribution in [3.8, 4) is 0 Å². The number of rotatable bonds is 3. The first-order valence-corrected chi connectivity index (χ1v) is 8.51. The van der Waals surface area contributed by atoms with Gasteiger partial charge in [-0.15, -0.1) is 5.10 Å². The van der Waals surface area contributed by atoms with Crippen molar-refractivity contribution in [2.24, 2.45) is 7.05 Å². The minimum Gasteiger partial charge on any atom is -0.278 e. The Morgan fingerprint density at radius 2 is 2.11 bits per heavy atom. The molecule has 0 amide bonds. The Bertz CT molecular complexity index is 710. The third kappa shape index (κ3) is 3.08. The molecule has 0 unspecified atom stereocenters. The highest BCUT2D eigenvalue weighted by Gasteiger charge is 2.24. The first-order valence-electron chi connectivity index (χ1n) is 5.15. The second-order valence-corrected chi connectivity index (χ2v) is 7.39. The molecule has 6 nitrogen and oxygen atoms in total. The Balaban J connectivity index is 2.39. The lowest BCUT2D eigenvalue weighted by molar-refractivity contribution is 0.578. The van der Waals surface area contributed by atoms with Crippen LogP contribution in [0.5, 0.6) is 0 Å². The van der Waals surface area contributed by atoms with Crippen molar-refractivity contribution in [1.82, 2.24) is 15.0 Å². The number of aryl methyl sites for hydroxylation is 2. The summed E-state index contributed by atoms with van der Waals surface area (Å²) < 4.78 is 29.4. The average molecular weight is 457 g/mol. The smallest absolute Gasteiger partial charge is 0.278 e. The van der Waals surface area contributed by atoms with E-state index in [4.69, 9.17) is 0 Å². The van der Waals surface area contributed by atoms with E-state index in [1.807, 2.05) is 13.0 Å². The third-order valence-electron chi connectivity index (χ3n) is 2.42. The molecule has 0 saturated carbocycles. The van der Waals surface area contributed by atoms with Gasteiger partial charge in [0.2, 0.25) is 5.03 Å². The highest BCUT2D eigenvalue weighted by atomic mass is 127. The number of hydrogen-bond donors (Lipinski definition) is 1. The summed E-state index contributed by atoms with van der Waals surface area (Å²) >= 11 is 5.23. The molecule has 102 valence electrons. The number of nitrogens with zero attached hydrogens (tertiary/aromatic N) is 3. The summed E-state index contributed by atoms with van der Waals surface area (Å²) in [4.78, 5) is 0. The molecule has 1 aromatic heterocycles. The van der Waals surface area contributed by atoms with Crippen molar-refractivity contribution in [3.63, 3.8) is 0 Å². The van der Waals surface area contributed by atoms with Crippen LogP contribution in [0.15, 0.2) is 27.8 Å². The number of benzene rings is 1. The van der Waals surface area contributed by atoms with Crippen molar-refractivity contribution in [2.45, 2.75) is 11.9 Å². The number of anilines is 1. The van der Waals surface area contributed by atoms with Gasteiger partial charge in [-0.25, -0.2) is 4.68 Å². The maximum atomic E-state index is 12.3. The zero-order chi connectivity index (χ0) is 14.2. The Kier molecular flexibility index (Phi) is 4.16. The van der Waals surface area contributed by atoms with E-state index < -0.39 is 10.0 Å². The number of nitrogens with one attached hydrogen (secondary N) is 1. The molecule has 1 heterocycles.